The summed E-state index contributed by atoms with van der Waals surface area (Å²) in [6.07, 6.45) is 1.46. The molecule has 174 valence electrons. The lowest BCUT2D eigenvalue weighted by molar-refractivity contribution is 0.0925. The lowest BCUT2D eigenvalue weighted by Gasteiger charge is -2.26. The number of rotatable bonds is 6. The van der Waals surface area contributed by atoms with E-state index in [1.165, 1.54) is 16.4 Å². The molecule has 5 rings (SSSR count). The van der Waals surface area contributed by atoms with Crippen LogP contribution in [0.15, 0.2) is 52.2 Å². The fourth-order valence-electron chi connectivity index (χ4n) is 4.33. The predicted molar refractivity (Wildman–Crippen MR) is 123 cm³/mol. The van der Waals surface area contributed by atoms with E-state index in [2.05, 4.69) is 4.98 Å². The zero-order valence-electron chi connectivity index (χ0n) is 18.4. The molecule has 0 amide bonds. The van der Waals surface area contributed by atoms with E-state index in [4.69, 9.17) is 14.2 Å². The number of pyridine rings is 1. The van der Waals surface area contributed by atoms with Gasteiger partial charge in [-0.05, 0) is 48.9 Å². The highest BCUT2D eigenvalue weighted by atomic mass is 32.2. The van der Waals surface area contributed by atoms with E-state index in [0.29, 0.717) is 36.9 Å². The quantitative estimate of drug-likeness (QED) is 0.595. The van der Waals surface area contributed by atoms with Gasteiger partial charge in [-0.3, -0.25) is 4.79 Å². The Balaban J connectivity index is 1.53. The summed E-state index contributed by atoms with van der Waals surface area (Å²) in [5, 5.41) is 0.860. The molecule has 9 heteroatoms. The molecule has 2 aliphatic rings. The number of H-pyrrole nitrogens is 1. The molecule has 8 nitrogen and oxygen atoms in total. The molecule has 2 aromatic carbocycles. The van der Waals surface area contributed by atoms with Crippen molar-refractivity contribution in [2.45, 2.75) is 37.3 Å². The van der Waals surface area contributed by atoms with Gasteiger partial charge < -0.3 is 19.2 Å². The summed E-state index contributed by atoms with van der Waals surface area (Å²) in [5.74, 6) is 0.922. The number of nitrogens with zero attached hydrogens (tertiary/aromatic N) is 1. The van der Waals surface area contributed by atoms with Crippen molar-refractivity contribution in [3.05, 3.63) is 63.9 Å². The third-order valence-electron chi connectivity index (χ3n) is 6.09. The minimum atomic E-state index is -3.93. The Bertz CT molecular complexity index is 1340. The first-order valence-electron chi connectivity index (χ1n) is 11.0. The van der Waals surface area contributed by atoms with Gasteiger partial charge in [0.2, 0.25) is 10.0 Å². The van der Waals surface area contributed by atoms with Crippen LogP contribution in [-0.2, 0) is 21.3 Å². The predicted octanol–water partition coefficient (Wildman–Crippen LogP) is 2.98. The summed E-state index contributed by atoms with van der Waals surface area (Å²) in [5.41, 5.74) is 1.79. The number of sulfonamides is 1. The molecule has 1 saturated heterocycles. The number of hydrogen-bond donors (Lipinski definition) is 1. The molecule has 0 aliphatic carbocycles. The van der Waals surface area contributed by atoms with Crippen LogP contribution >= 0.6 is 0 Å². The van der Waals surface area contributed by atoms with Crippen molar-refractivity contribution in [2.75, 3.05) is 26.4 Å². The molecular formula is C24H26N2O6S. The summed E-state index contributed by atoms with van der Waals surface area (Å²) in [4.78, 5) is 15.9. The smallest absolute Gasteiger partial charge is 0.252 e. The number of ether oxygens (including phenoxy) is 3. The number of aromatic nitrogens is 1. The minimum absolute atomic E-state index is 0.0597. The lowest BCUT2D eigenvalue weighted by Crippen LogP contribution is -2.38. The number of hydrogen-bond acceptors (Lipinski definition) is 6. The van der Waals surface area contributed by atoms with Crippen LogP contribution in [-0.4, -0.2) is 50.2 Å². The zero-order chi connectivity index (χ0) is 23.0. The monoisotopic (exact) mass is 470 g/mol. The molecule has 0 unspecified atom stereocenters. The number of nitrogens with one attached hydrogen (secondary N) is 1. The maximum absolute atomic E-state index is 13.7. The van der Waals surface area contributed by atoms with Gasteiger partial charge in [0, 0.05) is 31.3 Å². The number of aryl methyl sites for hydroxylation is 1. The normalized spacial score (nSPS) is 18.2. The molecule has 0 saturated carbocycles. The van der Waals surface area contributed by atoms with Crippen LogP contribution in [0.2, 0.25) is 0 Å². The summed E-state index contributed by atoms with van der Waals surface area (Å²) >= 11 is 0. The van der Waals surface area contributed by atoms with E-state index in [9.17, 15) is 13.2 Å². The van der Waals surface area contributed by atoms with Gasteiger partial charge in [0.25, 0.3) is 5.56 Å². The van der Waals surface area contributed by atoms with E-state index < -0.39 is 10.0 Å². The summed E-state index contributed by atoms with van der Waals surface area (Å²) in [7, 11) is -3.93. The fourth-order valence-corrected chi connectivity index (χ4v) is 5.80. The van der Waals surface area contributed by atoms with Crippen LogP contribution in [0, 0.1) is 6.92 Å². The molecule has 1 N–H and O–H groups in total. The highest BCUT2D eigenvalue weighted by Crippen LogP contribution is 2.33. The number of para-hydroxylation sites is 1. The van der Waals surface area contributed by atoms with Crippen LogP contribution in [0.4, 0.5) is 0 Å². The second-order valence-corrected chi connectivity index (χ2v) is 10.3. The third kappa shape index (κ3) is 4.36. The number of aromatic amines is 1. The summed E-state index contributed by atoms with van der Waals surface area (Å²) in [6, 6.07) is 12.1. The largest absolute Gasteiger partial charge is 0.486 e. The molecule has 3 aromatic rings. The van der Waals surface area contributed by atoms with Crippen molar-refractivity contribution in [2.24, 2.45) is 0 Å². The maximum Gasteiger partial charge on any atom is 0.252 e. The van der Waals surface area contributed by atoms with E-state index in [-0.39, 0.29) is 29.6 Å². The lowest BCUT2D eigenvalue weighted by atomic mass is 10.1. The molecule has 1 atom stereocenters. The topological polar surface area (TPSA) is 97.9 Å². The fraction of sp³-hybridized carbons (Fsp3) is 0.375. The Kier molecular flexibility index (Phi) is 5.86. The molecule has 1 fully saturated rings. The molecule has 0 spiro atoms. The third-order valence-corrected chi connectivity index (χ3v) is 7.90. The van der Waals surface area contributed by atoms with Crippen molar-refractivity contribution in [1.82, 2.24) is 9.29 Å². The SMILES string of the molecule is Cc1cccc2cc(CN(C[C@H]3CCCO3)S(=O)(=O)c3ccc4c(c3)OCCO4)c(=O)[nH]c12. The van der Waals surface area contributed by atoms with Gasteiger partial charge in [0.1, 0.15) is 13.2 Å². The van der Waals surface area contributed by atoms with Crippen molar-refractivity contribution in [3.8, 4) is 11.5 Å². The van der Waals surface area contributed by atoms with E-state index in [1.54, 1.807) is 12.1 Å². The van der Waals surface area contributed by atoms with E-state index in [0.717, 1.165) is 29.3 Å². The second kappa shape index (κ2) is 8.81. The summed E-state index contributed by atoms with van der Waals surface area (Å²) in [6.45, 7) is 3.43. The standard InChI is InChI=1S/C24H26N2O6S/c1-16-4-2-5-17-12-18(24(27)25-23(16)17)14-26(15-19-6-3-9-30-19)33(28,29)20-7-8-21-22(13-20)32-11-10-31-21/h2,4-5,7-8,12-13,19H,3,6,9-11,14-15H2,1H3,(H,25,27)/t19-/m1/s1. The highest BCUT2D eigenvalue weighted by molar-refractivity contribution is 7.89. The Morgan fingerprint density at radius 2 is 1.88 bits per heavy atom. The molecule has 0 bridgehead atoms. The summed E-state index contributed by atoms with van der Waals surface area (Å²) < 4.78 is 45.6. The van der Waals surface area contributed by atoms with Crippen LogP contribution < -0.4 is 15.0 Å². The van der Waals surface area contributed by atoms with E-state index >= 15 is 0 Å². The average molecular weight is 471 g/mol. The van der Waals surface area contributed by atoms with Crippen LogP contribution in [0.1, 0.15) is 24.0 Å². The first-order valence-corrected chi connectivity index (χ1v) is 12.5. The van der Waals surface area contributed by atoms with Gasteiger partial charge in [-0.25, -0.2) is 8.42 Å². The van der Waals surface area contributed by atoms with Gasteiger partial charge in [-0.2, -0.15) is 4.31 Å². The first kappa shape index (κ1) is 21.9. The van der Waals surface area contributed by atoms with Crippen molar-refractivity contribution < 1.29 is 22.6 Å². The van der Waals surface area contributed by atoms with Gasteiger partial charge >= 0.3 is 0 Å². The molecule has 1 aromatic heterocycles. The van der Waals surface area contributed by atoms with Crippen LogP contribution in [0.3, 0.4) is 0 Å². The molecule has 0 radical (unpaired) electrons. The zero-order valence-corrected chi connectivity index (χ0v) is 19.2. The number of fused-ring (bicyclic) bond motifs is 2. The molecule has 3 heterocycles. The Morgan fingerprint density at radius 1 is 1.06 bits per heavy atom. The molecule has 33 heavy (non-hydrogen) atoms. The molecule has 2 aliphatic heterocycles. The minimum Gasteiger partial charge on any atom is -0.486 e. The van der Waals surface area contributed by atoms with Gasteiger partial charge in [0.05, 0.1) is 16.5 Å². The van der Waals surface area contributed by atoms with Gasteiger partial charge in [-0.1, -0.05) is 18.2 Å². The highest BCUT2D eigenvalue weighted by Gasteiger charge is 2.31. The van der Waals surface area contributed by atoms with Crippen LogP contribution in [0.25, 0.3) is 10.9 Å². The maximum atomic E-state index is 13.7. The van der Waals surface area contributed by atoms with Gasteiger partial charge in [-0.15, -0.1) is 0 Å². The van der Waals surface area contributed by atoms with Crippen molar-refractivity contribution in [1.29, 1.82) is 0 Å². The first-order chi connectivity index (χ1) is 15.9. The second-order valence-electron chi connectivity index (χ2n) is 8.40. The Labute approximate surface area is 192 Å². The Morgan fingerprint density at radius 3 is 2.67 bits per heavy atom. The molecular weight excluding hydrogens is 444 g/mol. The van der Waals surface area contributed by atoms with Gasteiger partial charge in [0.15, 0.2) is 11.5 Å². The number of benzene rings is 2. The van der Waals surface area contributed by atoms with Crippen LogP contribution in [0.5, 0.6) is 11.5 Å². The van der Waals surface area contributed by atoms with Crippen molar-refractivity contribution >= 4 is 20.9 Å². The average Bonchev–Trinajstić information content (AvgIpc) is 3.33. The Hall–Kier alpha value is -2.88. The van der Waals surface area contributed by atoms with Crippen molar-refractivity contribution in [3.63, 3.8) is 0 Å². The van der Waals surface area contributed by atoms with E-state index in [1.807, 2.05) is 25.1 Å².